The van der Waals surface area contributed by atoms with Gasteiger partial charge in [-0.3, -0.25) is 0 Å². The van der Waals surface area contributed by atoms with E-state index in [-0.39, 0.29) is 7.43 Å². The third-order valence-corrected chi connectivity index (χ3v) is 1.23. The zero-order valence-electron chi connectivity index (χ0n) is 8.44. The molecule has 0 N–H and O–H groups in total. The molecule has 0 aromatic rings. The Bertz CT molecular complexity index is 147. The van der Waals surface area contributed by atoms with Gasteiger partial charge in [-0.1, -0.05) is 57.2 Å². The summed E-state index contributed by atoms with van der Waals surface area (Å²) in [6.07, 6.45) is 6.03. The fourth-order valence-electron chi connectivity index (χ4n) is 0.501. The molecule has 0 heterocycles. The summed E-state index contributed by atoms with van der Waals surface area (Å²) in [6.45, 7) is 13.8. The Labute approximate surface area is 78.7 Å². The quantitative estimate of drug-likeness (QED) is 0.522. The van der Waals surface area contributed by atoms with Gasteiger partial charge in [-0.2, -0.15) is 0 Å². The summed E-state index contributed by atoms with van der Waals surface area (Å²) in [4.78, 5) is 0. The first-order chi connectivity index (χ1) is 5.20. The lowest BCUT2D eigenvalue weighted by Crippen LogP contribution is -1.69. The minimum Gasteiger partial charge on any atom is -0.0988 e. The molecule has 0 fully saturated rings. The Kier molecular flexibility index (Phi) is 18.6. The van der Waals surface area contributed by atoms with Gasteiger partial charge in [-0.05, 0) is 20.8 Å². The predicted octanol–water partition coefficient (Wildman–Crippen LogP) is 4.75. The minimum absolute atomic E-state index is 0. The highest BCUT2D eigenvalue weighted by atomic mass is 13.9. The zero-order chi connectivity index (χ0) is 9.28. The average molecular weight is 168 g/mol. The maximum Gasteiger partial charge on any atom is -0.0398 e. The summed E-state index contributed by atoms with van der Waals surface area (Å²) in [5.41, 5.74) is 2.50. The molecule has 72 valence electrons. The fraction of sp³-hybridized carbons (Fsp3) is 0.500. The molecule has 0 aliphatic heterocycles. The molecule has 0 aliphatic rings. The number of rotatable bonds is 2. The monoisotopic (exact) mass is 168 g/mol. The highest BCUT2D eigenvalue weighted by Crippen LogP contribution is 2.00. The summed E-state index contributed by atoms with van der Waals surface area (Å²) in [6, 6.07) is 0. The number of allylic oxidation sites excluding steroid dienone is 5. The van der Waals surface area contributed by atoms with Gasteiger partial charge in [-0.15, -0.1) is 0 Å². The van der Waals surface area contributed by atoms with Gasteiger partial charge in [0.2, 0.25) is 0 Å². The average Bonchev–Trinajstić information content (AvgIpc) is 2.07. The first-order valence-corrected chi connectivity index (χ1v) is 4.14. The summed E-state index contributed by atoms with van der Waals surface area (Å²) in [5, 5.41) is 0. The van der Waals surface area contributed by atoms with E-state index in [2.05, 4.69) is 25.7 Å². The Morgan fingerprint density at radius 1 is 1.08 bits per heavy atom. The summed E-state index contributed by atoms with van der Waals surface area (Å²) < 4.78 is 0. The Balaban J connectivity index is -0.000000249. The first-order valence-electron chi connectivity index (χ1n) is 4.14. The van der Waals surface area contributed by atoms with E-state index in [1.165, 1.54) is 11.1 Å². The molecule has 0 saturated carbocycles. The van der Waals surface area contributed by atoms with Crippen LogP contribution in [0.4, 0.5) is 0 Å². The first kappa shape index (κ1) is 17.3. The molecule has 0 amide bonds. The normalized spacial score (nSPS) is 10.8. The van der Waals surface area contributed by atoms with Crippen molar-refractivity contribution < 1.29 is 0 Å². The number of hydrogen-bond donors (Lipinski definition) is 0. The Morgan fingerprint density at radius 2 is 1.50 bits per heavy atom. The molecule has 0 atom stereocenters. The van der Waals surface area contributed by atoms with Crippen molar-refractivity contribution in [3.8, 4) is 0 Å². The van der Waals surface area contributed by atoms with Crippen LogP contribution in [0.1, 0.15) is 42.0 Å². The third kappa shape index (κ3) is 12.0. The lowest BCUT2D eigenvalue weighted by atomic mass is 10.2. The van der Waals surface area contributed by atoms with Crippen LogP contribution in [-0.4, -0.2) is 0 Å². The molecule has 0 rings (SSSR count). The molecular weight excluding hydrogens is 144 g/mol. The van der Waals surface area contributed by atoms with E-state index in [4.69, 9.17) is 0 Å². The van der Waals surface area contributed by atoms with Crippen molar-refractivity contribution in [3.05, 3.63) is 36.0 Å². The van der Waals surface area contributed by atoms with Crippen LogP contribution in [0.3, 0.4) is 0 Å². The van der Waals surface area contributed by atoms with Gasteiger partial charge < -0.3 is 0 Å². The van der Waals surface area contributed by atoms with Crippen molar-refractivity contribution in [2.45, 2.75) is 42.0 Å². The molecule has 0 aliphatic carbocycles. The van der Waals surface area contributed by atoms with E-state index >= 15 is 0 Å². The van der Waals surface area contributed by atoms with Crippen molar-refractivity contribution in [3.63, 3.8) is 0 Å². The van der Waals surface area contributed by atoms with E-state index in [0.717, 1.165) is 0 Å². The minimum atomic E-state index is 0. The maximum atomic E-state index is 3.65. The van der Waals surface area contributed by atoms with Gasteiger partial charge in [0.25, 0.3) is 0 Å². The Morgan fingerprint density at radius 3 is 1.75 bits per heavy atom. The van der Waals surface area contributed by atoms with Gasteiger partial charge >= 0.3 is 0 Å². The van der Waals surface area contributed by atoms with E-state index in [9.17, 15) is 0 Å². The summed E-state index contributed by atoms with van der Waals surface area (Å²) >= 11 is 0. The molecule has 0 nitrogen and oxygen atoms in total. The molecule has 0 spiro atoms. The molecule has 12 heavy (non-hydrogen) atoms. The molecule has 0 radical (unpaired) electrons. The Hall–Kier alpha value is -0.780. The number of hydrogen-bond acceptors (Lipinski definition) is 0. The molecule has 0 bridgehead atoms. The van der Waals surface area contributed by atoms with E-state index in [0.29, 0.717) is 0 Å². The second kappa shape index (κ2) is 12.9. The third-order valence-electron chi connectivity index (χ3n) is 1.23. The van der Waals surface area contributed by atoms with Gasteiger partial charge in [0.1, 0.15) is 0 Å². The van der Waals surface area contributed by atoms with Crippen LogP contribution in [0.5, 0.6) is 0 Å². The molecule has 0 saturated heterocycles. The van der Waals surface area contributed by atoms with Crippen molar-refractivity contribution in [2.24, 2.45) is 0 Å². The predicted molar refractivity (Wildman–Crippen MR) is 61.5 cm³/mol. The van der Waals surface area contributed by atoms with Gasteiger partial charge in [0, 0.05) is 0 Å². The van der Waals surface area contributed by atoms with Crippen molar-refractivity contribution in [1.82, 2.24) is 0 Å². The van der Waals surface area contributed by atoms with Crippen LogP contribution in [0.25, 0.3) is 0 Å². The molecular formula is C12H24. The molecule has 0 unspecified atom stereocenters. The SMILES string of the molecule is C.C=C/C(C)=C\C(C)=C/C.CC. The summed E-state index contributed by atoms with van der Waals surface area (Å²) in [5.74, 6) is 0. The van der Waals surface area contributed by atoms with Crippen LogP contribution < -0.4 is 0 Å². The molecule has 0 heteroatoms. The highest BCUT2D eigenvalue weighted by molar-refractivity contribution is 5.25. The molecule has 0 aromatic carbocycles. The van der Waals surface area contributed by atoms with E-state index < -0.39 is 0 Å². The van der Waals surface area contributed by atoms with Crippen molar-refractivity contribution in [2.75, 3.05) is 0 Å². The second-order valence-electron chi connectivity index (χ2n) is 2.13. The lowest BCUT2D eigenvalue weighted by molar-refractivity contribution is 1.42. The van der Waals surface area contributed by atoms with Gasteiger partial charge in [0.05, 0.1) is 0 Å². The van der Waals surface area contributed by atoms with Crippen molar-refractivity contribution >= 4 is 0 Å². The summed E-state index contributed by atoms with van der Waals surface area (Å²) in [7, 11) is 0. The lowest BCUT2D eigenvalue weighted by Gasteiger charge is -1.90. The fourth-order valence-corrected chi connectivity index (χ4v) is 0.501. The smallest absolute Gasteiger partial charge is 0.0398 e. The largest absolute Gasteiger partial charge is 0.0988 e. The molecule has 0 aromatic heterocycles. The van der Waals surface area contributed by atoms with Crippen LogP contribution in [0.2, 0.25) is 0 Å². The van der Waals surface area contributed by atoms with Crippen LogP contribution in [0, 0.1) is 0 Å². The maximum absolute atomic E-state index is 3.65. The van der Waals surface area contributed by atoms with Crippen LogP contribution >= 0.6 is 0 Å². The second-order valence-corrected chi connectivity index (χ2v) is 2.13. The van der Waals surface area contributed by atoms with Crippen LogP contribution in [0.15, 0.2) is 36.0 Å². The van der Waals surface area contributed by atoms with E-state index in [1.807, 2.05) is 33.8 Å². The van der Waals surface area contributed by atoms with Crippen LogP contribution in [-0.2, 0) is 0 Å². The van der Waals surface area contributed by atoms with Crippen molar-refractivity contribution in [1.29, 1.82) is 0 Å². The van der Waals surface area contributed by atoms with Gasteiger partial charge in [-0.25, -0.2) is 0 Å². The highest BCUT2D eigenvalue weighted by Gasteiger charge is 1.79. The topological polar surface area (TPSA) is 0 Å². The van der Waals surface area contributed by atoms with E-state index in [1.54, 1.807) is 0 Å². The standard InChI is InChI=1S/C9H14.C2H6.CH4/c1-5-8(3)7-9(4)6-2;1-2;/h5-7H,1H2,2-4H3;1-2H3;1H4/b8-7-,9-6-;;. The zero-order valence-corrected chi connectivity index (χ0v) is 8.44. The van der Waals surface area contributed by atoms with Gasteiger partial charge in [0.15, 0.2) is 0 Å².